The van der Waals surface area contributed by atoms with Crippen molar-refractivity contribution in [3.05, 3.63) is 18.3 Å². The molecule has 1 N–H and O–H groups in total. The van der Waals surface area contributed by atoms with Crippen molar-refractivity contribution in [1.29, 1.82) is 0 Å². The lowest BCUT2D eigenvalue weighted by molar-refractivity contribution is 0.122. The number of morpholine rings is 1. The monoisotopic (exact) mass is 193 g/mol. The largest absolute Gasteiger partial charge is 0.387 e. The van der Waals surface area contributed by atoms with E-state index < -0.39 is 0 Å². The van der Waals surface area contributed by atoms with Gasteiger partial charge in [0.25, 0.3) is 0 Å². The number of nitrogens with one attached hydrogen (secondary N) is 1. The quantitative estimate of drug-likeness (QED) is 0.759. The summed E-state index contributed by atoms with van der Waals surface area (Å²) in [6, 6.07) is 4.08. The number of hydrogen-bond acceptors (Lipinski definition) is 4. The number of hydrogen-bond donors (Lipinski definition) is 1. The minimum absolute atomic E-state index is 0.801. The molecule has 1 aliphatic heterocycles. The van der Waals surface area contributed by atoms with Gasteiger partial charge < -0.3 is 15.0 Å². The van der Waals surface area contributed by atoms with Gasteiger partial charge in [0, 0.05) is 20.1 Å². The van der Waals surface area contributed by atoms with E-state index in [0.717, 1.165) is 37.8 Å². The van der Waals surface area contributed by atoms with Crippen molar-refractivity contribution in [2.45, 2.75) is 0 Å². The second-order valence-electron chi connectivity index (χ2n) is 3.25. The van der Waals surface area contributed by atoms with E-state index in [2.05, 4.69) is 15.2 Å². The molecule has 1 aliphatic rings. The molecule has 0 saturated carbocycles. The Morgan fingerprint density at radius 2 is 2.14 bits per heavy atom. The van der Waals surface area contributed by atoms with E-state index in [0.29, 0.717) is 0 Å². The van der Waals surface area contributed by atoms with Gasteiger partial charge in [-0.3, -0.25) is 0 Å². The van der Waals surface area contributed by atoms with Gasteiger partial charge in [-0.1, -0.05) is 0 Å². The summed E-state index contributed by atoms with van der Waals surface area (Å²) in [7, 11) is 1.89. The zero-order valence-electron chi connectivity index (χ0n) is 8.36. The van der Waals surface area contributed by atoms with Gasteiger partial charge in [0.1, 0.15) is 5.82 Å². The topological polar surface area (TPSA) is 37.4 Å². The van der Waals surface area contributed by atoms with Crippen molar-refractivity contribution in [3.8, 4) is 0 Å². The van der Waals surface area contributed by atoms with Gasteiger partial charge >= 0.3 is 0 Å². The van der Waals surface area contributed by atoms with Crippen LogP contribution in [0.3, 0.4) is 0 Å². The molecule has 14 heavy (non-hydrogen) atoms. The predicted octanol–water partition coefficient (Wildman–Crippen LogP) is 0.960. The SMILES string of the molecule is CNc1ccc(N2CCOCC2)nc1. The molecule has 1 aromatic rings. The molecular formula is C10H15N3O. The van der Waals surface area contributed by atoms with Crippen molar-refractivity contribution in [1.82, 2.24) is 4.98 Å². The smallest absolute Gasteiger partial charge is 0.128 e. The van der Waals surface area contributed by atoms with E-state index in [1.54, 1.807) is 0 Å². The fourth-order valence-corrected chi connectivity index (χ4v) is 1.51. The highest BCUT2D eigenvalue weighted by Gasteiger charge is 2.11. The second kappa shape index (κ2) is 4.28. The fourth-order valence-electron chi connectivity index (χ4n) is 1.51. The summed E-state index contributed by atoms with van der Waals surface area (Å²) in [6.45, 7) is 3.47. The first-order valence-corrected chi connectivity index (χ1v) is 4.86. The fraction of sp³-hybridized carbons (Fsp3) is 0.500. The molecular weight excluding hydrogens is 178 g/mol. The lowest BCUT2D eigenvalue weighted by Crippen LogP contribution is -2.36. The van der Waals surface area contributed by atoms with Crippen LogP contribution in [0.5, 0.6) is 0 Å². The highest BCUT2D eigenvalue weighted by Crippen LogP contribution is 2.14. The maximum atomic E-state index is 5.28. The molecule has 76 valence electrons. The Kier molecular flexibility index (Phi) is 2.84. The Morgan fingerprint density at radius 1 is 1.36 bits per heavy atom. The molecule has 4 heteroatoms. The molecule has 2 heterocycles. The number of anilines is 2. The number of ether oxygens (including phenoxy) is 1. The van der Waals surface area contributed by atoms with Gasteiger partial charge in [-0.25, -0.2) is 4.98 Å². The van der Waals surface area contributed by atoms with Crippen LogP contribution >= 0.6 is 0 Å². The summed E-state index contributed by atoms with van der Waals surface area (Å²) in [5.41, 5.74) is 1.04. The molecule has 0 spiro atoms. The first kappa shape index (κ1) is 9.27. The van der Waals surface area contributed by atoms with Crippen LogP contribution < -0.4 is 10.2 Å². The van der Waals surface area contributed by atoms with Crippen molar-refractivity contribution in [2.75, 3.05) is 43.6 Å². The number of rotatable bonds is 2. The molecule has 1 aromatic heterocycles. The van der Waals surface area contributed by atoms with E-state index in [1.807, 2.05) is 25.4 Å². The van der Waals surface area contributed by atoms with Crippen LogP contribution in [0.15, 0.2) is 18.3 Å². The molecule has 0 aromatic carbocycles. The highest BCUT2D eigenvalue weighted by molar-refractivity contribution is 5.48. The average Bonchev–Trinajstić information content (AvgIpc) is 2.30. The lowest BCUT2D eigenvalue weighted by atomic mass is 10.3. The normalized spacial score (nSPS) is 16.8. The maximum absolute atomic E-state index is 5.28. The summed E-state index contributed by atoms with van der Waals surface area (Å²) in [5, 5.41) is 3.05. The molecule has 0 unspecified atom stereocenters. The van der Waals surface area contributed by atoms with E-state index in [4.69, 9.17) is 4.74 Å². The third-order valence-corrected chi connectivity index (χ3v) is 2.37. The summed E-state index contributed by atoms with van der Waals surface area (Å²) < 4.78 is 5.28. The van der Waals surface area contributed by atoms with Crippen molar-refractivity contribution >= 4 is 11.5 Å². The van der Waals surface area contributed by atoms with Gasteiger partial charge in [-0.15, -0.1) is 0 Å². The Balaban J connectivity index is 2.07. The third kappa shape index (κ3) is 1.96. The minimum Gasteiger partial charge on any atom is -0.387 e. The van der Waals surface area contributed by atoms with Crippen LogP contribution in [-0.2, 0) is 4.74 Å². The number of nitrogens with zero attached hydrogens (tertiary/aromatic N) is 2. The standard InChI is InChI=1S/C10H15N3O/c1-11-9-2-3-10(12-8-9)13-4-6-14-7-5-13/h2-3,8,11H,4-7H2,1H3. The summed E-state index contributed by atoms with van der Waals surface area (Å²) >= 11 is 0. The van der Waals surface area contributed by atoms with Crippen LogP contribution in [0, 0.1) is 0 Å². The van der Waals surface area contributed by atoms with Crippen LogP contribution in [0.25, 0.3) is 0 Å². The molecule has 4 nitrogen and oxygen atoms in total. The van der Waals surface area contributed by atoms with E-state index in [1.165, 1.54) is 0 Å². The highest BCUT2D eigenvalue weighted by atomic mass is 16.5. The maximum Gasteiger partial charge on any atom is 0.128 e. The Bertz CT molecular complexity index is 280. The van der Waals surface area contributed by atoms with Crippen molar-refractivity contribution in [2.24, 2.45) is 0 Å². The Hall–Kier alpha value is -1.29. The molecule has 0 radical (unpaired) electrons. The van der Waals surface area contributed by atoms with Crippen LogP contribution in [0.1, 0.15) is 0 Å². The van der Waals surface area contributed by atoms with Gasteiger partial charge in [0.15, 0.2) is 0 Å². The zero-order chi connectivity index (χ0) is 9.80. The van der Waals surface area contributed by atoms with E-state index >= 15 is 0 Å². The first-order valence-electron chi connectivity index (χ1n) is 4.86. The minimum atomic E-state index is 0.801. The third-order valence-electron chi connectivity index (χ3n) is 2.37. The average molecular weight is 193 g/mol. The molecule has 1 fully saturated rings. The summed E-state index contributed by atoms with van der Waals surface area (Å²) in [4.78, 5) is 6.62. The van der Waals surface area contributed by atoms with Gasteiger partial charge in [0.05, 0.1) is 25.1 Å². The van der Waals surface area contributed by atoms with Crippen LogP contribution in [0.2, 0.25) is 0 Å². The van der Waals surface area contributed by atoms with Crippen LogP contribution in [-0.4, -0.2) is 38.3 Å². The summed E-state index contributed by atoms with van der Waals surface area (Å²) in [5.74, 6) is 1.03. The first-order chi connectivity index (χ1) is 6.90. The molecule has 0 aliphatic carbocycles. The molecule has 0 amide bonds. The molecule has 0 atom stereocenters. The number of aromatic nitrogens is 1. The Labute approximate surface area is 83.9 Å². The van der Waals surface area contributed by atoms with Gasteiger partial charge in [-0.2, -0.15) is 0 Å². The van der Waals surface area contributed by atoms with Crippen molar-refractivity contribution < 1.29 is 4.74 Å². The number of pyridine rings is 1. The zero-order valence-corrected chi connectivity index (χ0v) is 8.36. The predicted molar refractivity (Wildman–Crippen MR) is 56.8 cm³/mol. The van der Waals surface area contributed by atoms with Gasteiger partial charge in [-0.05, 0) is 12.1 Å². The van der Waals surface area contributed by atoms with E-state index in [-0.39, 0.29) is 0 Å². The van der Waals surface area contributed by atoms with Crippen LogP contribution in [0.4, 0.5) is 11.5 Å². The lowest BCUT2D eigenvalue weighted by Gasteiger charge is -2.27. The second-order valence-corrected chi connectivity index (χ2v) is 3.25. The van der Waals surface area contributed by atoms with Crippen molar-refractivity contribution in [3.63, 3.8) is 0 Å². The molecule has 2 rings (SSSR count). The molecule has 1 saturated heterocycles. The molecule has 0 bridgehead atoms. The van der Waals surface area contributed by atoms with Gasteiger partial charge in [0.2, 0.25) is 0 Å². The summed E-state index contributed by atoms with van der Waals surface area (Å²) in [6.07, 6.45) is 1.85. The van der Waals surface area contributed by atoms with E-state index in [9.17, 15) is 0 Å². The Morgan fingerprint density at radius 3 is 2.71 bits per heavy atom.